The summed E-state index contributed by atoms with van der Waals surface area (Å²) in [5, 5.41) is 4.41. The third-order valence-electron chi connectivity index (χ3n) is 3.47. The summed E-state index contributed by atoms with van der Waals surface area (Å²) in [6.45, 7) is 5.54. The monoisotopic (exact) mass is 332 g/mol. The molecule has 0 aromatic heterocycles. The summed E-state index contributed by atoms with van der Waals surface area (Å²) in [7, 11) is -3.72. The molecule has 0 aliphatic rings. The molecule has 0 atom stereocenters. The highest BCUT2D eigenvalue weighted by Gasteiger charge is 2.25. The maximum atomic E-state index is 12.7. The number of hydrogen-bond acceptors (Lipinski definition) is 3. The smallest absolute Gasteiger partial charge is 0.243 e. The van der Waals surface area contributed by atoms with E-state index in [1.54, 1.807) is 31.2 Å². The fraction of sp³-hybridized carbons (Fsp3) is 0.235. The van der Waals surface area contributed by atoms with Gasteiger partial charge < -0.3 is 5.32 Å². The quantitative estimate of drug-likeness (QED) is 0.790. The molecule has 0 radical (unpaired) electrons. The van der Waals surface area contributed by atoms with Gasteiger partial charge in [0.25, 0.3) is 0 Å². The molecule has 122 valence electrons. The first kappa shape index (κ1) is 17.2. The van der Waals surface area contributed by atoms with Crippen molar-refractivity contribution in [2.24, 2.45) is 0 Å². The SMILES string of the molecule is C=CCNC(=O)CN(CC)S(=O)(=O)c1ccc2ccccc2c1. The highest BCUT2D eigenvalue weighted by atomic mass is 32.2. The molecule has 2 aromatic carbocycles. The standard InChI is InChI=1S/C17H20N2O3S/c1-3-11-18-17(20)13-19(4-2)23(21,22)16-10-9-14-7-5-6-8-15(14)12-16/h3,5-10,12H,1,4,11,13H2,2H3,(H,18,20). The number of carbonyl (C=O) groups excluding carboxylic acids is 1. The number of nitrogens with one attached hydrogen (secondary N) is 1. The van der Waals surface area contributed by atoms with Gasteiger partial charge in [-0.25, -0.2) is 8.42 Å². The number of benzene rings is 2. The van der Waals surface area contributed by atoms with Crippen LogP contribution in [0.5, 0.6) is 0 Å². The summed E-state index contributed by atoms with van der Waals surface area (Å²) in [4.78, 5) is 12.0. The Morgan fingerprint density at radius 3 is 2.57 bits per heavy atom. The van der Waals surface area contributed by atoms with Crippen LogP contribution in [0.25, 0.3) is 10.8 Å². The summed E-state index contributed by atoms with van der Waals surface area (Å²) < 4.78 is 26.6. The van der Waals surface area contributed by atoms with Gasteiger partial charge in [0.1, 0.15) is 0 Å². The van der Waals surface area contributed by atoms with Crippen molar-refractivity contribution in [2.45, 2.75) is 11.8 Å². The minimum Gasteiger partial charge on any atom is -0.351 e. The lowest BCUT2D eigenvalue weighted by Gasteiger charge is -2.20. The third kappa shape index (κ3) is 3.97. The fourth-order valence-electron chi connectivity index (χ4n) is 2.25. The van der Waals surface area contributed by atoms with Gasteiger partial charge in [0.2, 0.25) is 15.9 Å². The van der Waals surface area contributed by atoms with Crippen molar-refractivity contribution in [2.75, 3.05) is 19.6 Å². The highest BCUT2D eigenvalue weighted by Crippen LogP contribution is 2.21. The molecule has 0 aliphatic carbocycles. The minimum atomic E-state index is -3.72. The second kappa shape index (κ2) is 7.39. The lowest BCUT2D eigenvalue weighted by atomic mass is 10.1. The van der Waals surface area contributed by atoms with Crippen LogP contribution in [-0.2, 0) is 14.8 Å². The topological polar surface area (TPSA) is 66.5 Å². The van der Waals surface area contributed by atoms with E-state index < -0.39 is 10.0 Å². The van der Waals surface area contributed by atoms with Gasteiger partial charge in [-0.1, -0.05) is 43.3 Å². The Balaban J connectivity index is 2.29. The first-order valence-electron chi connectivity index (χ1n) is 7.35. The molecule has 1 amide bonds. The van der Waals surface area contributed by atoms with Crippen LogP contribution in [-0.4, -0.2) is 38.3 Å². The van der Waals surface area contributed by atoms with Crippen LogP contribution < -0.4 is 5.32 Å². The van der Waals surface area contributed by atoms with E-state index in [2.05, 4.69) is 11.9 Å². The van der Waals surface area contributed by atoms with Gasteiger partial charge in [0.05, 0.1) is 11.4 Å². The molecule has 0 saturated heterocycles. The van der Waals surface area contributed by atoms with Gasteiger partial charge in [-0.15, -0.1) is 6.58 Å². The summed E-state index contributed by atoms with van der Waals surface area (Å²) >= 11 is 0. The Morgan fingerprint density at radius 2 is 1.91 bits per heavy atom. The number of nitrogens with zero attached hydrogens (tertiary/aromatic N) is 1. The van der Waals surface area contributed by atoms with Gasteiger partial charge in [-0.05, 0) is 22.9 Å². The molecule has 2 rings (SSSR count). The number of sulfonamides is 1. The Hall–Kier alpha value is -2.18. The zero-order valence-electron chi connectivity index (χ0n) is 13.0. The summed E-state index contributed by atoms with van der Waals surface area (Å²) in [5.74, 6) is -0.351. The van der Waals surface area contributed by atoms with E-state index in [1.165, 1.54) is 0 Å². The molecular weight excluding hydrogens is 312 g/mol. The summed E-state index contributed by atoms with van der Waals surface area (Å²) in [5.41, 5.74) is 0. The zero-order chi connectivity index (χ0) is 16.9. The molecule has 0 spiro atoms. The first-order chi connectivity index (χ1) is 11.0. The number of rotatable bonds is 7. The molecule has 5 nitrogen and oxygen atoms in total. The highest BCUT2D eigenvalue weighted by molar-refractivity contribution is 7.89. The second-order valence-corrected chi connectivity index (χ2v) is 6.97. The van der Waals surface area contributed by atoms with E-state index in [0.717, 1.165) is 15.1 Å². The van der Waals surface area contributed by atoms with Crippen molar-refractivity contribution in [1.82, 2.24) is 9.62 Å². The Bertz CT molecular complexity index is 815. The fourth-order valence-corrected chi connectivity index (χ4v) is 3.69. The average molecular weight is 332 g/mol. The number of fused-ring (bicyclic) bond motifs is 1. The molecule has 0 heterocycles. The number of hydrogen-bond donors (Lipinski definition) is 1. The molecule has 0 aliphatic heterocycles. The summed E-state index contributed by atoms with van der Waals surface area (Å²) in [6.07, 6.45) is 1.55. The largest absolute Gasteiger partial charge is 0.351 e. The molecule has 6 heteroatoms. The molecular formula is C17H20N2O3S. The Kier molecular flexibility index (Phi) is 5.52. The van der Waals surface area contributed by atoms with Crippen LogP contribution in [0, 0.1) is 0 Å². The van der Waals surface area contributed by atoms with Crippen LogP contribution in [0.4, 0.5) is 0 Å². The van der Waals surface area contributed by atoms with Gasteiger partial charge in [-0.2, -0.15) is 4.31 Å². The maximum Gasteiger partial charge on any atom is 0.243 e. The molecule has 23 heavy (non-hydrogen) atoms. The lowest BCUT2D eigenvalue weighted by Crippen LogP contribution is -2.40. The Labute approximate surface area is 136 Å². The number of amides is 1. The third-order valence-corrected chi connectivity index (χ3v) is 5.39. The molecule has 0 fully saturated rings. The average Bonchev–Trinajstić information content (AvgIpc) is 2.57. The normalized spacial score (nSPS) is 11.6. The molecule has 1 N–H and O–H groups in total. The second-order valence-electron chi connectivity index (χ2n) is 5.03. The minimum absolute atomic E-state index is 0.189. The van der Waals surface area contributed by atoms with E-state index in [0.29, 0.717) is 6.54 Å². The van der Waals surface area contributed by atoms with Gasteiger partial charge in [0.15, 0.2) is 0 Å². The van der Waals surface area contributed by atoms with Crippen molar-refractivity contribution in [1.29, 1.82) is 0 Å². The van der Waals surface area contributed by atoms with Crippen LogP contribution in [0.15, 0.2) is 60.0 Å². The maximum absolute atomic E-state index is 12.7. The summed E-state index contributed by atoms with van der Waals surface area (Å²) in [6, 6.07) is 12.5. The number of carbonyl (C=O) groups is 1. The van der Waals surface area contributed by atoms with E-state index in [1.807, 2.05) is 24.3 Å². The van der Waals surface area contributed by atoms with Crippen LogP contribution in [0.2, 0.25) is 0 Å². The van der Waals surface area contributed by atoms with Crippen molar-refractivity contribution in [3.05, 3.63) is 55.1 Å². The van der Waals surface area contributed by atoms with Crippen molar-refractivity contribution < 1.29 is 13.2 Å². The first-order valence-corrected chi connectivity index (χ1v) is 8.79. The number of likely N-dealkylation sites (N-methyl/N-ethyl adjacent to an activating group) is 1. The molecule has 0 unspecified atom stereocenters. The lowest BCUT2D eigenvalue weighted by molar-refractivity contribution is -0.121. The zero-order valence-corrected chi connectivity index (χ0v) is 13.8. The van der Waals surface area contributed by atoms with E-state index in [4.69, 9.17) is 0 Å². The van der Waals surface area contributed by atoms with Crippen molar-refractivity contribution >= 4 is 26.7 Å². The van der Waals surface area contributed by atoms with E-state index in [9.17, 15) is 13.2 Å². The van der Waals surface area contributed by atoms with Crippen molar-refractivity contribution in [3.8, 4) is 0 Å². The van der Waals surface area contributed by atoms with Crippen LogP contribution >= 0.6 is 0 Å². The Morgan fingerprint density at radius 1 is 1.22 bits per heavy atom. The molecule has 2 aromatic rings. The van der Waals surface area contributed by atoms with E-state index in [-0.39, 0.29) is 23.9 Å². The molecule has 0 saturated carbocycles. The van der Waals surface area contributed by atoms with E-state index >= 15 is 0 Å². The van der Waals surface area contributed by atoms with Gasteiger partial charge in [0, 0.05) is 13.1 Å². The predicted molar refractivity (Wildman–Crippen MR) is 91.6 cm³/mol. The van der Waals surface area contributed by atoms with Crippen LogP contribution in [0.3, 0.4) is 0 Å². The van der Waals surface area contributed by atoms with Gasteiger partial charge in [-0.3, -0.25) is 4.79 Å². The van der Waals surface area contributed by atoms with Gasteiger partial charge >= 0.3 is 0 Å². The van der Waals surface area contributed by atoms with Crippen LogP contribution in [0.1, 0.15) is 6.92 Å². The predicted octanol–water partition coefficient (Wildman–Crippen LogP) is 2.15. The van der Waals surface area contributed by atoms with Crippen molar-refractivity contribution in [3.63, 3.8) is 0 Å². The molecule has 0 bridgehead atoms.